The second-order valence-electron chi connectivity index (χ2n) is 6.26. The number of rotatable bonds is 7. The third-order valence-corrected chi connectivity index (χ3v) is 6.06. The van der Waals surface area contributed by atoms with Gasteiger partial charge in [0.2, 0.25) is 5.88 Å². The van der Waals surface area contributed by atoms with Crippen LogP contribution in [0, 0.1) is 12.7 Å². The highest BCUT2D eigenvalue weighted by atomic mass is 79.9. The molecule has 152 valence electrons. The molecule has 0 spiro atoms. The van der Waals surface area contributed by atoms with E-state index in [1.807, 2.05) is 24.9 Å². The smallest absolute Gasteiger partial charge is 0.228 e. The van der Waals surface area contributed by atoms with Crippen LogP contribution in [0.15, 0.2) is 39.8 Å². The highest BCUT2D eigenvalue weighted by Crippen LogP contribution is 2.35. The summed E-state index contributed by atoms with van der Waals surface area (Å²) in [7, 11) is 1.96. The Morgan fingerprint density at radius 2 is 2.07 bits per heavy atom. The number of aryl methyl sites for hydroxylation is 1. The van der Waals surface area contributed by atoms with E-state index in [1.54, 1.807) is 18.5 Å². The molecule has 0 aliphatic carbocycles. The first-order chi connectivity index (χ1) is 13.9. The topological polar surface area (TPSA) is 50.6 Å². The normalized spacial score (nSPS) is 11.2. The maximum absolute atomic E-state index is 13.1. The van der Waals surface area contributed by atoms with Crippen molar-refractivity contribution in [3.63, 3.8) is 0 Å². The summed E-state index contributed by atoms with van der Waals surface area (Å²) in [6, 6.07) is 7.94. The van der Waals surface area contributed by atoms with E-state index in [-0.39, 0.29) is 12.4 Å². The lowest BCUT2D eigenvalue weighted by Crippen LogP contribution is -2.14. The first-order valence-electron chi connectivity index (χ1n) is 8.83. The second kappa shape index (κ2) is 9.65. The Morgan fingerprint density at radius 3 is 2.76 bits per heavy atom. The largest absolute Gasteiger partial charge is 0.471 e. The van der Waals surface area contributed by atoms with Gasteiger partial charge in [-0.3, -0.25) is 0 Å². The zero-order valence-corrected chi connectivity index (χ0v) is 19.3. The van der Waals surface area contributed by atoms with E-state index in [2.05, 4.69) is 37.2 Å². The van der Waals surface area contributed by atoms with Crippen molar-refractivity contribution in [2.45, 2.75) is 20.5 Å². The first kappa shape index (κ1) is 21.7. The van der Waals surface area contributed by atoms with Gasteiger partial charge in [0.05, 0.1) is 32.1 Å². The lowest BCUT2D eigenvalue weighted by atomic mass is 10.1. The molecule has 0 unspecified atom stereocenters. The van der Waals surface area contributed by atoms with Crippen LogP contribution in [0.4, 0.5) is 10.1 Å². The number of halogens is 3. The van der Waals surface area contributed by atoms with Crippen molar-refractivity contribution in [1.29, 1.82) is 0 Å². The SMILES string of the molecule is CCN(C)C=Nc1cc(Br)c(OCc2snc(-c3ccc(F)cc3)c2Cl)nc1C. The molecule has 29 heavy (non-hydrogen) atoms. The highest BCUT2D eigenvalue weighted by molar-refractivity contribution is 9.10. The van der Waals surface area contributed by atoms with Crippen LogP contribution in [0.25, 0.3) is 11.3 Å². The number of ether oxygens (including phenoxy) is 1. The van der Waals surface area contributed by atoms with Crippen molar-refractivity contribution >= 4 is 51.1 Å². The maximum atomic E-state index is 13.1. The van der Waals surface area contributed by atoms with Crippen molar-refractivity contribution < 1.29 is 9.13 Å². The second-order valence-corrected chi connectivity index (χ2v) is 8.35. The number of pyridine rings is 1. The molecule has 5 nitrogen and oxygen atoms in total. The summed E-state index contributed by atoms with van der Waals surface area (Å²) < 4.78 is 24.1. The molecule has 2 heterocycles. The van der Waals surface area contributed by atoms with E-state index < -0.39 is 0 Å². The van der Waals surface area contributed by atoms with E-state index in [1.165, 1.54) is 23.7 Å². The Hall–Kier alpha value is -2.03. The van der Waals surface area contributed by atoms with Gasteiger partial charge in [-0.2, -0.15) is 4.37 Å². The molecule has 0 radical (unpaired) electrons. The van der Waals surface area contributed by atoms with Crippen LogP contribution < -0.4 is 4.74 Å². The van der Waals surface area contributed by atoms with Crippen LogP contribution >= 0.6 is 39.1 Å². The lowest BCUT2D eigenvalue weighted by molar-refractivity contribution is 0.295. The molecule has 9 heteroatoms. The van der Waals surface area contributed by atoms with Crippen molar-refractivity contribution in [2.75, 3.05) is 13.6 Å². The Bertz CT molecular complexity index is 1030. The Kier molecular flexibility index (Phi) is 7.21. The monoisotopic (exact) mass is 496 g/mol. The molecule has 0 amide bonds. The summed E-state index contributed by atoms with van der Waals surface area (Å²) in [5.74, 6) is 0.155. The molecule has 0 N–H and O–H groups in total. The van der Waals surface area contributed by atoms with Gasteiger partial charge >= 0.3 is 0 Å². The Morgan fingerprint density at radius 1 is 1.34 bits per heavy atom. The van der Waals surface area contributed by atoms with Crippen LogP contribution in [-0.2, 0) is 6.61 Å². The molecule has 0 aliphatic heterocycles. The van der Waals surface area contributed by atoms with Gasteiger partial charge in [0.25, 0.3) is 0 Å². The molecule has 0 bridgehead atoms. The lowest BCUT2D eigenvalue weighted by Gasteiger charge is -2.11. The standard InChI is InChI=1S/C20H19BrClFN4OS/c1-4-27(3)11-24-16-9-15(21)20(25-12(16)2)28-10-17-18(22)19(26-29-17)13-5-7-14(23)8-6-13/h5-9,11H,4,10H2,1-3H3. The maximum Gasteiger partial charge on any atom is 0.228 e. The molecular weight excluding hydrogens is 479 g/mol. The van der Waals surface area contributed by atoms with Gasteiger partial charge in [0.1, 0.15) is 18.1 Å². The fraction of sp³-hybridized carbons (Fsp3) is 0.250. The van der Waals surface area contributed by atoms with Crippen LogP contribution in [0.5, 0.6) is 5.88 Å². The summed E-state index contributed by atoms with van der Waals surface area (Å²) in [6.07, 6.45) is 1.77. The Balaban J connectivity index is 1.74. The van der Waals surface area contributed by atoms with Gasteiger partial charge in [0.15, 0.2) is 0 Å². The van der Waals surface area contributed by atoms with Crippen LogP contribution in [-0.4, -0.2) is 34.2 Å². The number of hydrogen-bond donors (Lipinski definition) is 0. The average Bonchev–Trinajstić information content (AvgIpc) is 3.08. The zero-order chi connectivity index (χ0) is 21.0. The molecule has 1 aromatic carbocycles. The van der Waals surface area contributed by atoms with Crippen molar-refractivity contribution in [3.8, 4) is 17.1 Å². The van der Waals surface area contributed by atoms with E-state index in [4.69, 9.17) is 16.3 Å². The summed E-state index contributed by atoms with van der Waals surface area (Å²) in [4.78, 5) is 11.7. The van der Waals surface area contributed by atoms with Gasteiger partial charge in [-0.25, -0.2) is 14.4 Å². The van der Waals surface area contributed by atoms with Gasteiger partial charge in [-0.15, -0.1) is 0 Å². The molecular formula is C20H19BrClFN4OS. The number of nitrogens with zero attached hydrogens (tertiary/aromatic N) is 4. The van der Waals surface area contributed by atoms with E-state index >= 15 is 0 Å². The summed E-state index contributed by atoms with van der Waals surface area (Å²) >= 11 is 11.2. The summed E-state index contributed by atoms with van der Waals surface area (Å²) in [6.45, 7) is 5.03. The van der Waals surface area contributed by atoms with Crippen molar-refractivity contribution in [3.05, 3.63) is 56.2 Å². The minimum absolute atomic E-state index is 0.226. The quantitative estimate of drug-likeness (QED) is 0.286. The average molecular weight is 498 g/mol. The molecule has 3 rings (SSSR count). The van der Waals surface area contributed by atoms with E-state index in [0.717, 1.165) is 28.4 Å². The Labute approximate surface area is 186 Å². The fourth-order valence-corrected chi connectivity index (χ4v) is 3.81. The third kappa shape index (κ3) is 5.32. The fourth-order valence-electron chi connectivity index (χ4n) is 2.35. The molecule has 0 saturated heterocycles. The minimum atomic E-state index is -0.302. The van der Waals surface area contributed by atoms with Crippen LogP contribution in [0.1, 0.15) is 17.5 Å². The predicted molar refractivity (Wildman–Crippen MR) is 120 cm³/mol. The number of aromatic nitrogens is 2. The van der Waals surface area contributed by atoms with Gasteiger partial charge < -0.3 is 9.64 Å². The van der Waals surface area contributed by atoms with Crippen LogP contribution in [0.3, 0.4) is 0 Å². The number of hydrogen-bond acceptors (Lipinski definition) is 5. The molecule has 3 aromatic rings. The first-order valence-corrected chi connectivity index (χ1v) is 10.8. The van der Waals surface area contributed by atoms with Crippen molar-refractivity contribution in [2.24, 2.45) is 4.99 Å². The van der Waals surface area contributed by atoms with E-state index in [0.29, 0.717) is 21.1 Å². The molecule has 0 saturated carbocycles. The third-order valence-electron chi connectivity index (χ3n) is 4.16. The molecule has 0 fully saturated rings. The van der Waals surface area contributed by atoms with Gasteiger partial charge in [-0.05, 0) is 71.6 Å². The highest BCUT2D eigenvalue weighted by Gasteiger charge is 2.16. The predicted octanol–water partition coefficient (Wildman–Crippen LogP) is 6.26. The number of benzene rings is 1. The van der Waals surface area contributed by atoms with Crippen molar-refractivity contribution in [1.82, 2.24) is 14.3 Å². The number of aliphatic imine (C=N–C) groups is 1. The minimum Gasteiger partial charge on any atom is -0.471 e. The van der Waals surface area contributed by atoms with Crippen LogP contribution in [0.2, 0.25) is 5.02 Å². The summed E-state index contributed by atoms with van der Waals surface area (Å²) in [5, 5.41) is 0.498. The zero-order valence-electron chi connectivity index (χ0n) is 16.1. The molecule has 0 atom stereocenters. The molecule has 0 aliphatic rings. The summed E-state index contributed by atoms with van der Waals surface area (Å²) in [5.41, 5.74) is 2.89. The van der Waals surface area contributed by atoms with Gasteiger partial charge in [0, 0.05) is 19.2 Å². The van der Waals surface area contributed by atoms with E-state index in [9.17, 15) is 4.39 Å². The van der Waals surface area contributed by atoms with Gasteiger partial charge in [-0.1, -0.05) is 11.6 Å². The molecule has 2 aromatic heterocycles.